The Hall–Kier alpha value is -2.18. The Kier molecular flexibility index (Phi) is 4.45. The molecule has 0 aliphatic carbocycles. The molecule has 0 saturated heterocycles. The first-order valence-electron chi connectivity index (χ1n) is 8.28. The molecule has 0 saturated carbocycles. The SMILES string of the molecule is Cc1cc(-c2c(F)cccc2[N+](=O)[O-])c(Cl)c2c1NC(C)(C)[C@H](O)[C@H]2C. The molecular formula is C19H20ClFN2O3. The molecule has 2 aromatic carbocycles. The number of fused-ring (bicyclic) bond motifs is 1. The minimum absolute atomic E-state index is 0.139. The van der Waals surface area contributed by atoms with Gasteiger partial charge in [0.05, 0.1) is 27.2 Å². The molecule has 3 rings (SSSR count). The number of rotatable bonds is 2. The van der Waals surface area contributed by atoms with Crippen LogP contribution in [-0.4, -0.2) is 21.7 Å². The summed E-state index contributed by atoms with van der Waals surface area (Å²) in [6, 6.07) is 5.38. The van der Waals surface area contributed by atoms with E-state index in [1.54, 1.807) is 6.07 Å². The van der Waals surface area contributed by atoms with E-state index in [9.17, 15) is 19.6 Å². The number of anilines is 1. The number of nitrogens with zero attached hydrogens (tertiary/aromatic N) is 1. The Morgan fingerprint density at radius 1 is 1.38 bits per heavy atom. The number of nitro benzene ring substituents is 1. The van der Waals surface area contributed by atoms with Crippen LogP contribution in [0.25, 0.3) is 11.1 Å². The fraction of sp³-hybridized carbons (Fsp3) is 0.368. The van der Waals surface area contributed by atoms with E-state index in [4.69, 9.17) is 11.6 Å². The van der Waals surface area contributed by atoms with Gasteiger partial charge < -0.3 is 10.4 Å². The van der Waals surface area contributed by atoms with Crippen molar-refractivity contribution in [3.63, 3.8) is 0 Å². The van der Waals surface area contributed by atoms with Crippen molar-refractivity contribution < 1.29 is 14.4 Å². The third-order valence-corrected chi connectivity index (χ3v) is 5.48. The summed E-state index contributed by atoms with van der Waals surface area (Å²) >= 11 is 6.59. The van der Waals surface area contributed by atoms with E-state index < -0.39 is 22.4 Å². The van der Waals surface area contributed by atoms with Gasteiger partial charge in [-0.3, -0.25) is 10.1 Å². The smallest absolute Gasteiger partial charge is 0.280 e. The Morgan fingerprint density at radius 3 is 2.65 bits per heavy atom. The largest absolute Gasteiger partial charge is 0.390 e. The molecule has 0 spiro atoms. The summed E-state index contributed by atoms with van der Waals surface area (Å²) in [5, 5.41) is 25.5. The molecule has 7 heteroatoms. The molecule has 0 bridgehead atoms. The van der Waals surface area contributed by atoms with Gasteiger partial charge in [0.25, 0.3) is 5.69 Å². The molecule has 2 N–H and O–H groups in total. The predicted octanol–water partition coefficient (Wildman–Crippen LogP) is 5.03. The predicted molar refractivity (Wildman–Crippen MR) is 100 cm³/mol. The van der Waals surface area contributed by atoms with E-state index in [1.807, 2.05) is 27.7 Å². The first-order chi connectivity index (χ1) is 12.1. The molecule has 2 aromatic rings. The van der Waals surface area contributed by atoms with Crippen LogP contribution < -0.4 is 5.32 Å². The molecule has 1 aliphatic heterocycles. The maximum absolute atomic E-state index is 14.5. The van der Waals surface area contributed by atoms with Gasteiger partial charge in [-0.25, -0.2) is 4.39 Å². The van der Waals surface area contributed by atoms with Crippen molar-refractivity contribution in [1.82, 2.24) is 0 Å². The second-order valence-corrected chi connectivity index (χ2v) is 7.69. The zero-order chi connectivity index (χ0) is 19.4. The van der Waals surface area contributed by atoms with Crippen LogP contribution in [0.3, 0.4) is 0 Å². The standard InChI is InChI=1S/C19H20ClFN2O3/c1-9-8-11(15-12(21)6-5-7-13(15)23(25)26)16(20)14-10(2)18(24)19(3,4)22-17(9)14/h5-8,10,18,22,24H,1-4H3/t10-,18+/m0/s1. The van der Waals surface area contributed by atoms with E-state index in [2.05, 4.69) is 5.32 Å². The number of aliphatic hydroxyl groups excluding tert-OH is 1. The first kappa shape index (κ1) is 18.6. The van der Waals surface area contributed by atoms with Gasteiger partial charge in [-0.1, -0.05) is 24.6 Å². The molecule has 0 radical (unpaired) electrons. The molecule has 0 fully saturated rings. The molecular weight excluding hydrogens is 359 g/mol. The van der Waals surface area contributed by atoms with Gasteiger partial charge in [0.15, 0.2) is 0 Å². The number of nitrogens with one attached hydrogen (secondary N) is 1. The van der Waals surface area contributed by atoms with Crippen molar-refractivity contribution in [2.24, 2.45) is 0 Å². The second-order valence-electron chi connectivity index (χ2n) is 7.31. The van der Waals surface area contributed by atoms with Gasteiger partial charge in [-0.2, -0.15) is 0 Å². The van der Waals surface area contributed by atoms with E-state index in [1.165, 1.54) is 18.2 Å². The van der Waals surface area contributed by atoms with Crippen molar-refractivity contribution in [1.29, 1.82) is 0 Å². The third kappa shape index (κ3) is 2.73. The van der Waals surface area contributed by atoms with Crippen molar-refractivity contribution in [2.45, 2.75) is 45.3 Å². The number of halogens is 2. The van der Waals surface area contributed by atoms with Gasteiger partial charge in [-0.15, -0.1) is 0 Å². The molecule has 26 heavy (non-hydrogen) atoms. The lowest BCUT2D eigenvalue weighted by atomic mass is 9.77. The van der Waals surface area contributed by atoms with E-state index in [-0.39, 0.29) is 27.8 Å². The van der Waals surface area contributed by atoms with Crippen molar-refractivity contribution in [2.75, 3.05) is 5.32 Å². The average molecular weight is 379 g/mol. The molecule has 5 nitrogen and oxygen atoms in total. The number of aliphatic hydroxyl groups is 1. The number of hydrogen-bond donors (Lipinski definition) is 2. The highest BCUT2D eigenvalue weighted by Gasteiger charge is 2.41. The lowest BCUT2D eigenvalue weighted by molar-refractivity contribution is -0.384. The van der Waals surface area contributed by atoms with Crippen LogP contribution in [0.1, 0.15) is 37.8 Å². The Bertz CT molecular complexity index is 914. The van der Waals surface area contributed by atoms with Gasteiger partial charge in [-0.05, 0) is 38.5 Å². The Balaban J connectivity index is 2.33. The summed E-state index contributed by atoms with van der Waals surface area (Å²) < 4.78 is 14.5. The van der Waals surface area contributed by atoms with Crippen LogP contribution in [-0.2, 0) is 0 Å². The monoisotopic (exact) mass is 378 g/mol. The summed E-state index contributed by atoms with van der Waals surface area (Å²) in [7, 11) is 0. The Labute approximate surface area is 156 Å². The van der Waals surface area contributed by atoms with E-state index in [0.29, 0.717) is 5.56 Å². The van der Waals surface area contributed by atoms with Gasteiger partial charge in [0.1, 0.15) is 5.82 Å². The minimum Gasteiger partial charge on any atom is -0.390 e. The number of hydrogen-bond acceptors (Lipinski definition) is 4. The van der Waals surface area contributed by atoms with E-state index >= 15 is 0 Å². The van der Waals surface area contributed by atoms with Gasteiger partial charge in [0, 0.05) is 28.8 Å². The second kappa shape index (κ2) is 6.21. The quantitative estimate of drug-likeness (QED) is 0.567. The fourth-order valence-corrected chi connectivity index (χ4v) is 4.12. The molecule has 0 amide bonds. The molecule has 1 heterocycles. The fourth-order valence-electron chi connectivity index (χ4n) is 3.71. The topological polar surface area (TPSA) is 75.4 Å². The molecule has 2 atom stereocenters. The van der Waals surface area contributed by atoms with E-state index in [0.717, 1.165) is 11.3 Å². The zero-order valence-corrected chi connectivity index (χ0v) is 15.7. The molecule has 138 valence electrons. The van der Waals surface area contributed by atoms with Crippen molar-refractivity contribution in [3.8, 4) is 11.1 Å². The highest BCUT2D eigenvalue weighted by Crippen LogP contribution is 2.49. The summed E-state index contributed by atoms with van der Waals surface area (Å²) in [5.41, 5.74) is 1.42. The molecule has 0 aromatic heterocycles. The molecule has 0 unspecified atom stereocenters. The summed E-state index contributed by atoms with van der Waals surface area (Å²) in [5.74, 6) is -1.03. The normalized spacial score (nSPS) is 21.0. The summed E-state index contributed by atoms with van der Waals surface area (Å²) in [6.45, 7) is 7.45. The Morgan fingerprint density at radius 2 is 2.04 bits per heavy atom. The first-order valence-corrected chi connectivity index (χ1v) is 8.66. The maximum atomic E-state index is 14.5. The lowest BCUT2D eigenvalue weighted by Crippen LogP contribution is -2.50. The number of aryl methyl sites for hydroxylation is 1. The van der Waals surface area contributed by atoms with Crippen molar-refractivity contribution in [3.05, 3.63) is 56.3 Å². The average Bonchev–Trinajstić information content (AvgIpc) is 2.55. The van der Waals surface area contributed by atoms with Gasteiger partial charge >= 0.3 is 0 Å². The van der Waals surface area contributed by atoms with Crippen LogP contribution in [0.4, 0.5) is 15.8 Å². The maximum Gasteiger partial charge on any atom is 0.280 e. The van der Waals surface area contributed by atoms with Gasteiger partial charge in [0.2, 0.25) is 0 Å². The summed E-state index contributed by atoms with van der Waals surface area (Å²) in [6.07, 6.45) is -0.724. The van der Waals surface area contributed by atoms with Crippen LogP contribution in [0.2, 0.25) is 5.02 Å². The third-order valence-electron chi connectivity index (χ3n) is 5.07. The highest BCUT2D eigenvalue weighted by atomic mass is 35.5. The minimum atomic E-state index is -0.724. The lowest BCUT2D eigenvalue weighted by Gasteiger charge is -2.43. The number of nitro groups is 1. The van der Waals surface area contributed by atoms with Crippen LogP contribution >= 0.6 is 11.6 Å². The van der Waals surface area contributed by atoms with Crippen LogP contribution in [0.15, 0.2) is 24.3 Å². The number of benzene rings is 2. The zero-order valence-electron chi connectivity index (χ0n) is 14.9. The summed E-state index contributed by atoms with van der Waals surface area (Å²) in [4.78, 5) is 10.8. The van der Waals surface area contributed by atoms with Crippen LogP contribution in [0, 0.1) is 22.9 Å². The highest BCUT2D eigenvalue weighted by molar-refractivity contribution is 6.35. The van der Waals surface area contributed by atoms with Crippen LogP contribution in [0.5, 0.6) is 0 Å². The molecule has 1 aliphatic rings. The van der Waals surface area contributed by atoms with Crippen molar-refractivity contribution >= 4 is 23.0 Å².